The van der Waals surface area contributed by atoms with Gasteiger partial charge in [0.1, 0.15) is 18.5 Å². The molecule has 1 atom stereocenters. The number of aliphatic hydroxyl groups excluding tert-OH is 2. The molecule has 1 unspecified atom stereocenters. The minimum atomic E-state index is -0.877. The molecule has 1 aliphatic rings. The molecule has 31 heavy (non-hydrogen) atoms. The SMILES string of the molecule is CC/C1=C(\c2ccccc2)c2ccc(OCC(O)CO)cc2SCc2ccccc21.O. The van der Waals surface area contributed by atoms with Crippen molar-refractivity contribution in [3.8, 4) is 5.75 Å². The largest absolute Gasteiger partial charge is 0.491 e. The second-order valence-corrected chi connectivity index (χ2v) is 8.34. The van der Waals surface area contributed by atoms with E-state index in [1.807, 2.05) is 18.2 Å². The molecule has 0 bridgehead atoms. The molecule has 0 saturated heterocycles. The summed E-state index contributed by atoms with van der Waals surface area (Å²) in [5.41, 5.74) is 7.67. The van der Waals surface area contributed by atoms with E-state index in [0.29, 0.717) is 5.75 Å². The highest BCUT2D eigenvalue weighted by Gasteiger charge is 2.21. The molecule has 5 heteroatoms. The Bertz CT molecular complexity index is 1050. The number of rotatable bonds is 6. The lowest BCUT2D eigenvalue weighted by molar-refractivity contribution is 0.0535. The highest BCUT2D eigenvalue weighted by atomic mass is 32.2. The van der Waals surface area contributed by atoms with Crippen molar-refractivity contribution in [1.82, 2.24) is 0 Å². The smallest absolute Gasteiger partial charge is 0.120 e. The van der Waals surface area contributed by atoms with Crippen LogP contribution >= 0.6 is 11.8 Å². The summed E-state index contributed by atoms with van der Waals surface area (Å²) in [5, 5.41) is 18.7. The molecule has 4 N–H and O–H groups in total. The number of hydrogen-bond donors (Lipinski definition) is 2. The van der Waals surface area contributed by atoms with Crippen molar-refractivity contribution in [2.24, 2.45) is 0 Å². The molecule has 0 aromatic heterocycles. The van der Waals surface area contributed by atoms with Crippen molar-refractivity contribution in [1.29, 1.82) is 0 Å². The van der Waals surface area contributed by atoms with Crippen molar-refractivity contribution in [2.75, 3.05) is 13.2 Å². The fourth-order valence-corrected chi connectivity index (χ4v) is 4.95. The van der Waals surface area contributed by atoms with E-state index in [9.17, 15) is 5.11 Å². The zero-order valence-electron chi connectivity index (χ0n) is 17.5. The highest BCUT2D eigenvalue weighted by molar-refractivity contribution is 7.98. The first kappa shape index (κ1) is 23.1. The molecule has 1 aliphatic heterocycles. The lowest BCUT2D eigenvalue weighted by Crippen LogP contribution is -2.21. The van der Waals surface area contributed by atoms with Crippen molar-refractivity contribution < 1.29 is 20.4 Å². The van der Waals surface area contributed by atoms with Crippen LogP contribution in [0.25, 0.3) is 11.1 Å². The van der Waals surface area contributed by atoms with E-state index in [4.69, 9.17) is 9.84 Å². The fourth-order valence-electron chi connectivity index (χ4n) is 3.86. The monoisotopic (exact) mass is 436 g/mol. The van der Waals surface area contributed by atoms with Gasteiger partial charge in [0, 0.05) is 10.6 Å². The lowest BCUT2D eigenvalue weighted by Gasteiger charge is -2.24. The maximum Gasteiger partial charge on any atom is 0.120 e. The molecule has 0 radical (unpaired) electrons. The van der Waals surface area contributed by atoms with Crippen LogP contribution in [-0.2, 0) is 5.75 Å². The van der Waals surface area contributed by atoms with Crippen LogP contribution in [0.2, 0.25) is 0 Å². The minimum absolute atomic E-state index is 0. The summed E-state index contributed by atoms with van der Waals surface area (Å²) >= 11 is 1.80. The maximum absolute atomic E-state index is 9.62. The van der Waals surface area contributed by atoms with Gasteiger partial charge in [0.15, 0.2) is 0 Å². The Labute approximate surface area is 187 Å². The minimum Gasteiger partial charge on any atom is -0.491 e. The molecular weight excluding hydrogens is 408 g/mol. The van der Waals surface area contributed by atoms with E-state index in [-0.39, 0.29) is 18.7 Å². The van der Waals surface area contributed by atoms with Crippen molar-refractivity contribution >= 4 is 22.9 Å². The summed E-state index contributed by atoms with van der Waals surface area (Å²) in [6.07, 6.45) is 0.0600. The summed E-state index contributed by atoms with van der Waals surface area (Å²) in [6.45, 7) is 1.98. The molecule has 162 valence electrons. The topological polar surface area (TPSA) is 81.2 Å². The predicted molar refractivity (Wildman–Crippen MR) is 127 cm³/mol. The normalized spacial score (nSPS) is 16.2. The third kappa shape index (κ3) is 5.02. The molecule has 0 spiro atoms. The van der Waals surface area contributed by atoms with E-state index in [1.54, 1.807) is 11.8 Å². The average molecular weight is 437 g/mol. The number of ether oxygens (including phenoxy) is 1. The molecule has 0 amide bonds. The van der Waals surface area contributed by atoms with Crippen LogP contribution < -0.4 is 4.74 Å². The summed E-state index contributed by atoms with van der Waals surface area (Å²) in [4.78, 5) is 1.16. The van der Waals surface area contributed by atoms with Crippen LogP contribution in [0.3, 0.4) is 0 Å². The van der Waals surface area contributed by atoms with Gasteiger partial charge >= 0.3 is 0 Å². The third-order valence-corrected chi connectivity index (χ3v) is 6.42. The van der Waals surface area contributed by atoms with Crippen molar-refractivity contribution in [2.45, 2.75) is 30.1 Å². The first-order valence-corrected chi connectivity index (χ1v) is 11.3. The Morgan fingerprint density at radius 2 is 1.71 bits per heavy atom. The Kier molecular flexibility index (Phi) is 7.93. The first-order chi connectivity index (χ1) is 14.7. The number of fused-ring (bicyclic) bond motifs is 2. The summed E-state index contributed by atoms with van der Waals surface area (Å²) < 4.78 is 5.72. The van der Waals surface area contributed by atoms with Gasteiger partial charge in [-0.3, -0.25) is 0 Å². The Balaban J connectivity index is 0.00000272. The summed E-state index contributed by atoms with van der Waals surface area (Å²) in [6, 6.07) is 25.3. The van der Waals surface area contributed by atoms with Crippen LogP contribution in [0.4, 0.5) is 0 Å². The Hall–Kier alpha value is -2.57. The Morgan fingerprint density at radius 1 is 0.968 bits per heavy atom. The van der Waals surface area contributed by atoms with E-state index >= 15 is 0 Å². The summed E-state index contributed by atoms with van der Waals surface area (Å²) in [5.74, 6) is 1.59. The zero-order valence-corrected chi connectivity index (χ0v) is 18.4. The number of benzene rings is 3. The van der Waals surface area contributed by atoms with Gasteiger partial charge in [-0.1, -0.05) is 61.5 Å². The number of thioether (sulfide) groups is 1. The Morgan fingerprint density at radius 3 is 2.45 bits per heavy atom. The maximum atomic E-state index is 9.62. The third-order valence-electron chi connectivity index (χ3n) is 5.32. The van der Waals surface area contributed by atoms with Gasteiger partial charge in [0.05, 0.1) is 6.61 Å². The molecule has 4 nitrogen and oxygen atoms in total. The quantitative estimate of drug-likeness (QED) is 0.593. The molecule has 0 fully saturated rings. The molecule has 4 rings (SSSR count). The predicted octanol–water partition coefficient (Wildman–Crippen LogP) is 4.57. The van der Waals surface area contributed by atoms with Crippen LogP contribution in [0.15, 0.2) is 77.7 Å². The van der Waals surface area contributed by atoms with Gasteiger partial charge in [-0.05, 0) is 58.0 Å². The second-order valence-electron chi connectivity index (χ2n) is 7.32. The molecule has 1 heterocycles. The number of aliphatic hydroxyl groups is 2. The van der Waals surface area contributed by atoms with Gasteiger partial charge in [0.2, 0.25) is 0 Å². The second kappa shape index (κ2) is 10.6. The van der Waals surface area contributed by atoms with Gasteiger partial charge in [-0.2, -0.15) is 0 Å². The fraction of sp³-hybridized carbons (Fsp3) is 0.231. The molecule has 0 saturated carbocycles. The number of allylic oxidation sites excluding steroid dienone is 1. The number of hydrogen-bond acceptors (Lipinski definition) is 4. The van der Waals surface area contributed by atoms with Gasteiger partial charge in [0.25, 0.3) is 0 Å². The van der Waals surface area contributed by atoms with Crippen LogP contribution in [0.5, 0.6) is 5.75 Å². The van der Waals surface area contributed by atoms with Crippen LogP contribution in [0.1, 0.15) is 35.6 Å². The first-order valence-electron chi connectivity index (χ1n) is 10.3. The van der Waals surface area contributed by atoms with Crippen LogP contribution in [0, 0.1) is 0 Å². The molecule has 3 aromatic carbocycles. The zero-order chi connectivity index (χ0) is 20.9. The average Bonchev–Trinajstić information content (AvgIpc) is 2.79. The van der Waals surface area contributed by atoms with E-state index in [1.165, 1.54) is 33.4 Å². The van der Waals surface area contributed by atoms with E-state index in [2.05, 4.69) is 61.5 Å². The van der Waals surface area contributed by atoms with Crippen molar-refractivity contribution in [3.05, 3.63) is 95.1 Å². The molecule has 3 aromatic rings. The van der Waals surface area contributed by atoms with Gasteiger partial charge in [-0.25, -0.2) is 0 Å². The van der Waals surface area contributed by atoms with E-state index in [0.717, 1.165) is 17.1 Å². The van der Waals surface area contributed by atoms with Gasteiger partial charge < -0.3 is 20.4 Å². The molecular formula is C26H28O4S. The van der Waals surface area contributed by atoms with Crippen molar-refractivity contribution in [3.63, 3.8) is 0 Å². The highest BCUT2D eigenvalue weighted by Crippen LogP contribution is 2.44. The van der Waals surface area contributed by atoms with Gasteiger partial charge in [-0.15, -0.1) is 11.8 Å². The molecule has 0 aliphatic carbocycles. The van der Waals surface area contributed by atoms with E-state index < -0.39 is 6.10 Å². The standard InChI is InChI=1S/C26H26O3S.H2O/c1-2-22-23-11-7-6-10-19(23)17-30-25-14-21(29-16-20(28)15-27)12-13-24(25)26(22)18-8-4-3-5-9-18;/h3-14,20,27-28H,2,15-17H2,1H3;1H2/b26-22-;. The lowest BCUT2D eigenvalue weighted by atomic mass is 9.86. The van der Waals surface area contributed by atoms with Crippen LogP contribution in [-0.4, -0.2) is 35.0 Å². The summed E-state index contributed by atoms with van der Waals surface area (Å²) in [7, 11) is 0.